The van der Waals surface area contributed by atoms with E-state index in [1.165, 1.54) is 30.4 Å². The molecule has 1 aromatic heterocycles. The predicted octanol–water partition coefficient (Wildman–Crippen LogP) is 2.86. The van der Waals surface area contributed by atoms with Gasteiger partial charge in [-0.3, -0.25) is 0 Å². The molecule has 1 aliphatic carbocycles. The maximum absolute atomic E-state index is 5.90. The van der Waals surface area contributed by atoms with Gasteiger partial charge in [0.2, 0.25) is 0 Å². The van der Waals surface area contributed by atoms with E-state index in [0.29, 0.717) is 12.6 Å². The number of pyridine rings is 1. The molecule has 1 aliphatic rings. The van der Waals surface area contributed by atoms with Crippen LogP contribution < -0.4 is 10.6 Å². The summed E-state index contributed by atoms with van der Waals surface area (Å²) in [5, 5.41) is 0. The van der Waals surface area contributed by atoms with Crippen molar-refractivity contribution in [1.82, 2.24) is 4.98 Å². The zero-order valence-corrected chi connectivity index (χ0v) is 11.8. The van der Waals surface area contributed by atoms with Crippen molar-refractivity contribution in [1.29, 1.82) is 0 Å². The fourth-order valence-electron chi connectivity index (χ4n) is 2.32. The van der Waals surface area contributed by atoms with Crippen molar-refractivity contribution >= 4 is 5.82 Å². The molecule has 0 aliphatic heterocycles. The molecule has 0 radical (unpaired) electrons. The minimum absolute atomic E-state index is 0.583. The van der Waals surface area contributed by atoms with Crippen LogP contribution in [0.5, 0.6) is 0 Å². The van der Waals surface area contributed by atoms with E-state index in [9.17, 15) is 0 Å². The smallest absolute Gasteiger partial charge is 0.133 e. The Morgan fingerprint density at radius 2 is 2.17 bits per heavy atom. The van der Waals surface area contributed by atoms with Crippen LogP contribution in [0.25, 0.3) is 0 Å². The number of rotatable bonds is 6. The number of hydrogen-bond donors (Lipinski definition) is 1. The van der Waals surface area contributed by atoms with Crippen LogP contribution in [0.3, 0.4) is 0 Å². The lowest BCUT2D eigenvalue weighted by Crippen LogP contribution is -2.30. The molecule has 0 saturated heterocycles. The lowest BCUT2D eigenvalue weighted by molar-refractivity contribution is 0.567. The van der Waals surface area contributed by atoms with Gasteiger partial charge in [0.1, 0.15) is 5.82 Å². The van der Waals surface area contributed by atoms with Crippen molar-refractivity contribution in [3.05, 3.63) is 23.4 Å². The highest BCUT2D eigenvalue weighted by atomic mass is 15.2. The Morgan fingerprint density at radius 3 is 2.72 bits per heavy atom. The van der Waals surface area contributed by atoms with Gasteiger partial charge in [0.25, 0.3) is 0 Å². The second-order valence-corrected chi connectivity index (χ2v) is 5.74. The summed E-state index contributed by atoms with van der Waals surface area (Å²) in [5.74, 6) is 1.86. The minimum atomic E-state index is 0.583. The molecule has 1 aromatic rings. The fourth-order valence-corrected chi connectivity index (χ4v) is 2.32. The first-order valence-corrected chi connectivity index (χ1v) is 7.04. The van der Waals surface area contributed by atoms with Crippen molar-refractivity contribution in [2.24, 2.45) is 11.7 Å². The van der Waals surface area contributed by atoms with E-state index in [1.807, 2.05) is 6.20 Å². The largest absolute Gasteiger partial charge is 0.353 e. The van der Waals surface area contributed by atoms with Gasteiger partial charge in [0.15, 0.2) is 0 Å². The summed E-state index contributed by atoms with van der Waals surface area (Å²) in [6.07, 6.45) is 5.74. The normalized spacial score (nSPS) is 15.2. The van der Waals surface area contributed by atoms with Crippen molar-refractivity contribution in [2.45, 2.75) is 52.6 Å². The molecule has 3 heteroatoms. The van der Waals surface area contributed by atoms with E-state index in [0.717, 1.165) is 18.3 Å². The molecular formula is C15H25N3. The number of nitrogens with two attached hydrogens (primary N) is 1. The minimum Gasteiger partial charge on any atom is -0.353 e. The Balaban J connectivity index is 2.22. The molecule has 18 heavy (non-hydrogen) atoms. The molecule has 3 nitrogen and oxygen atoms in total. The molecule has 2 rings (SSSR count). The Morgan fingerprint density at radius 1 is 1.44 bits per heavy atom. The molecule has 1 fully saturated rings. The topological polar surface area (TPSA) is 42.2 Å². The van der Waals surface area contributed by atoms with E-state index in [2.05, 4.69) is 36.7 Å². The maximum atomic E-state index is 5.90. The average molecular weight is 247 g/mol. The third kappa shape index (κ3) is 3.02. The third-order valence-electron chi connectivity index (χ3n) is 3.68. The zero-order valence-electron chi connectivity index (χ0n) is 11.8. The highest BCUT2D eigenvalue weighted by Gasteiger charge is 2.31. The number of aryl methyl sites for hydroxylation is 1. The molecule has 1 saturated carbocycles. The molecule has 0 spiro atoms. The number of nitrogens with zero attached hydrogens (tertiary/aromatic N) is 2. The van der Waals surface area contributed by atoms with E-state index >= 15 is 0 Å². The fraction of sp³-hybridized carbons (Fsp3) is 0.667. The summed E-state index contributed by atoms with van der Waals surface area (Å²) in [5.41, 5.74) is 8.38. The van der Waals surface area contributed by atoms with Gasteiger partial charge in [0, 0.05) is 30.9 Å². The van der Waals surface area contributed by atoms with Crippen LogP contribution >= 0.6 is 0 Å². The van der Waals surface area contributed by atoms with Gasteiger partial charge in [-0.1, -0.05) is 13.8 Å². The highest BCUT2D eigenvalue weighted by molar-refractivity contribution is 5.52. The van der Waals surface area contributed by atoms with E-state index in [4.69, 9.17) is 5.73 Å². The van der Waals surface area contributed by atoms with Gasteiger partial charge >= 0.3 is 0 Å². The number of hydrogen-bond acceptors (Lipinski definition) is 3. The lowest BCUT2D eigenvalue weighted by Gasteiger charge is -2.27. The van der Waals surface area contributed by atoms with Crippen LogP contribution in [-0.2, 0) is 6.54 Å². The molecule has 0 atom stereocenters. The Bertz CT molecular complexity index is 397. The Hall–Kier alpha value is -1.09. The molecule has 0 bridgehead atoms. The summed E-state index contributed by atoms with van der Waals surface area (Å²) in [7, 11) is 0. The predicted molar refractivity (Wildman–Crippen MR) is 76.7 cm³/mol. The third-order valence-corrected chi connectivity index (χ3v) is 3.68. The molecule has 1 heterocycles. The summed E-state index contributed by atoms with van der Waals surface area (Å²) >= 11 is 0. The summed E-state index contributed by atoms with van der Waals surface area (Å²) in [6.45, 7) is 8.36. The lowest BCUT2D eigenvalue weighted by atomic mass is 10.1. The summed E-state index contributed by atoms with van der Waals surface area (Å²) in [4.78, 5) is 7.08. The quantitative estimate of drug-likeness (QED) is 0.840. The standard InChI is InChI=1S/C15H25N3/c1-11(2)7-9-18(13-4-5-13)15-14(10-16)12(3)6-8-17-15/h6,8,11,13H,4-5,7,9-10,16H2,1-3H3. The van der Waals surface area contributed by atoms with Gasteiger partial charge in [-0.05, 0) is 43.7 Å². The Kier molecular flexibility index (Phi) is 4.23. The molecule has 100 valence electrons. The summed E-state index contributed by atoms with van der Waals surface area (Å²) < 4.78 is 0. The van der Waals surface area contributed by atoms with Crippen LogP contribution in [0.4, 0.5) is 5.82 Å². The van der Waals surface area contributed by atoms with Crippen molar-refractivity contribution in [2.75, 3.05) is 11.4 Å². The molecule has 0 aromatic carbocycles. The van der Waals surface area contributed by atoms with Crippen LogP contribution in [0.1, 0.15) is 44.2 Å². The average Bonchev–Trinajstić information content (AvgIpc) is 3.13. The maximum Gasteiger partial charge on any atom is 0.133 e. The van der Waals surface area contributed by atoms with Gasteiger partial charge in [-0.25, -0.2) is 4.98 Å². The van der Waals surface area contributed by atoms with E-state index < -0.39 is 0 Å². The monoisotopic (exact) mass is 247 g/mol. The second-order valence-electron chi connectivity index (χ2n) is 5.74. The van der Waals surface area contributed by atoms with Crippen LogP contribution in [0, 0.1) is 12.8 Å². The van der Waals surface area contributed by atoms with Crippen molar-refractivity contribution in [3.63, 3.8) is 0 Å². The van der Waals surface area contributed by atoms with Gasteiger partial charge in [-0.2, -0.15) is 0 Å². The van der Waals surface area contributed by atoms with Crippen LogP contribution in [0.2, 0.25) is 0 Å². The first kappa shape index (κ1) is 13.3. The first-order chi connectivity index (χ1) is 8.63. The Labute approximate surface area is 110 Å². The molecular weight excluding hydrogens is 222 g/mol. The van der Waals surface area contributed by atoms with Crippen LogP contribution in [-0.4, -0.2) is 17.6 Å². The zero-order chi connectivity index (χ0) is 13.1. The van der Waals surface area contributed by atoms with Gasteiger partial charge in [0.05, 0.1) is 0 Å². The second kappa shape index (κ2) is 5.70. The highest BCUT2D eigenvalue weighted by Crippen LogP contribution is 2.33. The number of anilines is 1. The van der Waals surface area contributed by atoms with E-state index in [1.54, 1.807) is 0 Å². The van der Waals surface area contributed by atoms with Gasteiger partial charge in [-0.15, -0.1) is 0 Å². The van der Waals surface area contributed by atoms with Crippen molar-refractivity contribution in [3.8, 4) is 0 Å². The van der Waals surface area contributed by atoms with Crippen molar-refractivity contribution < 1.29 is 0 Å². The first-order valence-electron chi connectivity index (χ1n) is 7.04. The number of aromatic nitrogens is 1. The SMILES string of the molecule is Cc1ccnc(N(CCC(C)C)C2CC2)c1CN. The molecule has 0 unspecified atom stereocenters. The van der Waals surface area contributed by atoms with Gasteiger partial charge < -0.3 is 10.6 Å². The summed E-state index contributed by atoms with van der Waals surface area (Å²) in [6, 6.07) is 2.75. The molecule has 2 N–H and O–H groups in total. The molecule has 0 amide bonds. The van der Waals surface area contributed by atoms with Crippen LogP contribution in [0.15, 0.2) is 12.3 Å². The van der Waals surface area contributed by atoms with E-state index in [-0.39, 0.29) is 0 Å².